The van der Waals surface area contributed by atoms with Crippen molar-refractivity contribution in [3.05, 3.63) is 69.8 Å². The van der Waals surface area contributed by atoms with E-state index in [-0.39, 0.29) is 27.7 Å². The van der Waals surface area contributed by atoms with Crippen LogP contribution in [0.2, 0.25) is 0 Å². The van der Waals surface area contributed by atoms with Crippen LogP contribution in [0.5, 0.6) is 0 Å². The van der Waals surface area contributed by atoms with Crippen molar-refractivity contribution in [3.8, 4) is 0 Å². The van der Waals surface area contributed by atoms with Crippen LogP contribution in [0.4, 0.5) is 31.1 Å². The van der Waals surface area contributed by atoms with Gasteiger partial charge in [-0.15, -0.1) is 0 Å². The highest BCUT2D eigenvalue weighted by Crippen LogP contribution is 2.38. The lowest BCUT2D eigenvalue weighted by molar-refractivity contribution is -0.143. The summed E-state index contributed by atoms with van der Waals surface area (Å²) in [5, 5.41) is 4.29. The molecule has 0 aliphatic carbocycles. The van der Waals surface area contributed by atoms with Gasteiger partial charge in [0.25, 0.3) is 11.1 Å². The third-order valence-corrected chi connectivity index (χ3v) is 6.25. The molecule has 0 N–H and O–H groups in total. The highest BCUT2D eigenvalue weighted by Gasteiger charge is 2.38. The fraction of sp³-hybridized carbons (Fsp3) is 0.261. The molecule has 1 fully saturated rings. The van der Waals surface area contributed by atoms with Crippen molar-refractivity contribution in [2.24, 2.45) is 0 Å². The Labute approximate surface area is 199 Å². The summed E-state index contributed by atoms with van der Waals surface area (Å²) in [5.74, 6) is -0.389. The van der Waals surface area contributed by atoms with Crippen molar-refractivity contribution in [3.63, 3.8) is 0 Å². The number of nitrogens with zero attached hydrogens (tertiary/aromatic N) is 3. The van der Waals surface area contributed by atoms with Gasteiger partial charge in [0, 0.05) is 11.9 Å². The second-order valence-corrected chi connectivity index (χ2v) is 8.81. The van der Waals surface area contributed by atoms with E-state index in [4.69, 9.17) is 0 Å². The van der Waals surface area contributed by atoms with E-state index in [1.165, 1.54) is 10.9 Å². The Morgan fingerprint density at radius 1 is 1.00 bits per heavy atom. The fourth-order valence-electron chi connectivity index (χ4n) is 3.70. The van der Waals surface area contributed by atoms with Gasteiger partial charge in [-0.3, -0.25) is 19.2 Å². The van der Waals surface area contributed by atoms with Crippen molar-refractivity contribution < 1.29 is 35.9 Å². The molecular formula is C23H17F6N3O2S. The summed E-state index contributed by atoms with van der Waals surface area (Å²) in [6.07, 6.45) is -6.29. The number of hydrogen-bond donors (Lipinski definition) is 0. The third-order valence-electron chi connectivity index (χ3n) is 5.35. The Bertz CT molecular complexity index is 1340. The van der Waals surface area contributed by atoms with Crippen molar-refractivity contribution in [1.29, 1.82) is 0 Å². The van der Waals surface area contributed by atoms with E-state index in [2.05, 4.69) is 5.10 Å². The zero-order valence-corrected chi connectivity index (χ0v) is 18.9. The normalized spacial score (nSPS) is 16.2. The first-order valence-corrected chi connectivity index (χ1v) is 11.2. The average molecular weight is 513 g/mol. The van der Waals surface area contributed by atoms with E-state index in [1.807, 2.05) is 6.92 Å². The van der Waals surface area contributed by atoms with Crippen LogP contribution in [0.3, 0.4) is 0 Å². The third kappa shape index (κ3) is 5.07. The minimum Gasteiger partial charge on any atom is -0.268 e. The summed E-state index contributed by atoms with van der Waals surface area (Å²) in [7, 11) is 0. The van der Waals surface area contributed by atoms with Gasteiger partial charge >= 0.3 is 12.4 Å². The van der Waals surface area contributed by atoms with E-state index in [9.17, 15) is 35.9 Å². The SMILES string of the molecule is CCCN1C(=O)SC(=Cc2ccc3c(cnn3Cc3ccc(C(F)(F)F)cc3C(F)(F)F)c2)C1=O. The van der Waals surface area contributed by atoms with Crippen LogP contribution in [0, 0.1) is 0 Å². The number of imide groups is 1. The maximum Gasteiger partial charge on any atom is 0.416 e. The number of rotatable bonds is 5. The number of thioether (sulfide) groups is 1. The van der Waals surface area contributed by atoms with Crippen LogP contribution in [0.1, 0.15) is 35.6 Å². The minimum atomic E-state index is -4.98. The van der Waals surface area contributed by atoms with Gasteiger partial charge in [-0.2, -0.15) is 31.4 Å². The average Bonchev–Trinajstić information content (AvgIpc) is 3.28. The second kappa shape index (κ2) is 9.06. The number of halogens is 6. The van der Waals surface area contributed by atoms with Crippen LogP contribution < -0.4 is 0 Å². The molecule has 1 aromatic heterocycles. The molecule has 3 aromatic rings. The standard InChI is InChI=1S/C23H17F6N3O2S/c1-2-7-31-20(33)19(35-21(31)34)9-13-3-6-18-15(8-13)11-30-32(18)12-14-4-5-16(22(24,25)26)10-17(14)23(27,28)29/h3-6,8-11H,2,7,12H2,1H3. The zero-order chi connectivity index (χ0) is 25.5. The number of amides is 2. The lowest BCUT2D eigenvalue weighted by Gasteiger charge is -2.16. The fourth-order valence-corrected chi connectivity index (χ4v) is 4.57. The highest BCUT2D eigenvalue weighted by atomic mass is 32.2. The Balaban J connectivity index is 1.64. The summed E-state index contributed by atoms with van der Waals surface area (Å²) in [6, 6.07) is 6.38. The van der Waals surface area contributed by atoms with Crippen LogP contribution in [-0.4, -0.2) is 32.4 Å². The maximum absolute atomic E-state index is 13.5. The number of hydrogen-bond acceptors (Lipinski definition) is 4. The lowest BCUT2D eigenvalue weighted by Crippen LogP contribution is -2.28. The number of carbonyl (C=O) groups excluding carboxylic acids is 2. The quantitative estimate of drug-likeness (QED) is 0.286. The summed E-state index contributed by atoms with van der Waals surface area (Å²) in [4.78, 5) is 25.8. The number of benzene rings is 2. The molecule has 35 heavy (non-hydrogen) atoms. The van der Waals surface area contributed by atoms with E-state index in [1.54, 1.807) is 24.3 Å². The van der Waals surface area contributed by atoms with Gasteiger partial charge < -0.3 is 0 Å². The Kier molecular flexibility index (Phi) is 6.43. The molecule has 12 heteroatoms. The second-order valence-electron chi connectivity index (χ2n) is 7.82. The molecule has 0 radical (unpaired) electrons. The molecule has 0 atom stereocenters. The van der Waals surface area contributed by atoms with E-state index < -0.39 is 30.0 Å². The molecule has 2 amide bonds. The molecule has 5 nitrogen and oxygen atoms in total. The Hall–Kier alpha value is -3.28. The first-order chi connectivity index (χ1) is 16.4. The number of fused-ring (bicyclic) bond motifs is 1. The van der Waals surface area contributed by atoms with E-state index in [0.29, 0.717) is 35.5 Å². The molecule has 184 valence electrons. The summed E-state index contributed by atoms with van der Waals surface area (Å²) in [5.41, 5.74) is -2.08. The topological polar surface area (TPSA) is 55.2 Å². The molecular weight excluding hydrogens is 496 g/mol. The van der Waals surface area contributed by atoms with Crippen LogP contribution >= 0.6 is 11.8 Å². The van der Waals surface area contributed by atoms with Gasteiger partial charge in [0.1, 0.15) is 0 Å². The number of carbonyl (C=O) groups is 2. The van der Waals surface area contributed by atoms with Gasteiger partial charge in [-0.25, -0.2) is 0 Å². The molecule has 2 aromatic carbocycles. The van der Waals surface area contributed by atoms with Crippen LogP contribution in [0.15, 0.2) is 47.5 Å². The summed E-state index contributed by atoms with van der Waals surface area (Å²) < 4.78 is 80.5. The first-order valence-electron chi connectivity index (χ1n) is 10.4. The van der Waals surface area contributed by atoms with Gasteiger partial charge in [0.15, 0.2) is 0 Å². The highest BCUT2D eigenvalue weighted by molar-refractivity contribution is 8.18. The first kappa shape index (κ1) is 24.8. The molecule has 0 spiro atoms. The van der Waals surface area contributed by atoms with Crippen molar-refractivity contribution in [2.45, 2.75) is 32.2 Å². The van der Waals surface area contributed by atoms with E-state index in [0.717, 1.165) is 22.7 Å². The molecule has 1 saturated heterocycles. The van der Waals surface area contributed by atoms with E-state index >= 15 is 0 Å². The predicted molar refractivity (Wildman–Crippen MR) is 118 cm³/mol. The molecule has 1 aliphatic rings. The summed E-state index contributed by atoms with van der Waals surface area (Å²) >= 11 is 0.827. The monoisotopic (exact) mass is 513 g/mol. The molecule has 2 heterocycles. The molecule has 0 unspecified atom stereocenters. The van der Waals surface area contributed by atoms with Crippen molar-refractivity contribution >= 4 is 39.9 Å². The maximum atomic E-state index is 13.5. The van der Waals surface area contributed by atoms with Crippen molar-refractivity contribution in [2.75, 3.05) is 6.54 Å². The molecule has 0 bridgehead atoms. The molecule has 4 rings (SSSR count). The van der Waals surface area contributed by atoms with Crippen LogP contribution in [-0.2, 0) is 23.7 Å². The summed E-state index contributed by atoms with van der Waals surface area (Å²) in [6.45, 7) is 1.77. The zero-order valence-electron chi connectivity index (χ0n) is 18.1. The Morgan fingerprint density at radius 3 is 2.40 bits per heavy atom. The number of aromatic nitrogens is 2. The van der Waals surface area contributed by atoms with Gasteiger partial charge in [0.2, 0.25) is 0 Å². The van der Waals surface area contributed by atoms with Gasteiger partial charge in [0.05, 0.1) is 34.3 Å². The number of alkyl halides is 6. The van der Waals surface area contributed by atoms with Crippen molar-refractivity contribution in [1.82, 2.24) is 14.7 Å². The van der Waals surface area contributed by atoms with Gasteiger partial charge in [-0.1, -0.05) is 19.1 Å². The largest absolute Gasteiger partial charge is 0.416 e. The Morgan fingerprint density at radius 2 is 1.74 bits per heavy atom. The van der Waals surface area contributed by atoms with Gasteiger partial charge in [-0.05, 0) is 59.7 Å². The van der Waals surface area contributed by atoms with Crippen LogP contribution in [0.25, 0.3) is 17.0 Å². The minimum absolute atomic E-state index is 0.102. The smallest absolute Gasteiger partial charge is 0.268 e. The molecule has 1 aliphatic heterocycles. The molecule has 0 saturated carbocycles. The predicted octanol–water partition coefficient (Wildman–Crippen LogP) is 6.57. The lowest BCUT2D eigenvalue weighted by atomic mass is 10.0.